The summed E-state index contributed by atoms with van der Waals surface area (Å²) >= 11 is 0. The Morgan fingerprint density at radius 1 is 1.67 bits per heavy atom. The van der Waals surface area contributed by atoms with E-state index in [4.69, 9.17) is 6.42 Å². The molecule has 1 aromatic heterocycles. The molecule has 0 N–H and O–H groups in total. The molecular weight excluding hydrogens is 148 g/mol. The number of terminal acetylenes is 1. The van der Waals surface area contributed by atoms with Crippen LogP contribution in [0.3, 0.4) is 0 Å². The Balaban J connectivity index is 2.48. The molecule has 1 saturated carbocycles. The van der Waals surface area contributed by atoms with Gasteiger partial charge in [-0.05, 0) is 25.3 Å². The van der Waals surface area contributed by atoms with Crippen molar-refractivity contribution < 1.29 is 0 Å². The second-order valence-electron chi connectivity index (χ2n) is 3.56. The van der Waals surface area contributed by atoms with Crippen molar-refractivity contribution in [2.45, 2.75) is 25.2 Å². The van der Waals surface area contributed by atoms with Gasteiger partial charge in [0.05, 0.1) is 11.1 Å². The third kappa shape index (κ3) is 0.863. The molecule has 1 heterocycles. The molecule has 2 rings (SSSR count). The lowest BCUT2D eigenvalue weighted by atomic mass is 10.0. The van der Waals surface area contributed by atoms with Gasteiger partial charge in [0.25, 0.3) is 0 Å². The highest BCUT2D eigenvalue weighted by molar-refractivity contribution is 5.39. The number of hydrogen-bond donors (Lipinski definition) is 0. The molecule has 0 amide bonds. The molecule has 0 unspecified atom stereocenters. The van der Waals surface area contributed by atoms with E-state index in [1.807, 2.05) is 17.9 Å². The lowest BCUT2D eigenvalue weighted by Crippen LogP contribution is -2.05. The number of hydrogen-bond acceptors (Lipinski definition) is 1. The van der Waals surface area contributed by atoms with Crippen molar-refractivity contribution in [1.29, 1.82) is 0 Å². The smallest absolute Gasteiger partial charge is 0.0834 e. The van der Waals surface area contributed by atoms with E-state index in [2.05, 4.69) is 17.9 Å². The predicted molar refractivity (Wildman–Crippen MR) is 47.7 cm³/mol. The average Bonchev–Trinajstić information content (AvgIpc) is 2.74. The zero-order valence-corrected chi connectivity index (χ0v) is 7.46. The van der Waals surface area contributed by atoms with Crippen LogP contribution in [0.4, 0.5) is 0 Å². The van der Waals surface area contributed by atoms with Gasteiger partial charge in [0.2, 0.25) is 0 Å². The maximum Gasteiger partial charge on any atom is 0.0834 e. The third-order valence-corrected chi connectivity index (χ3v) is 2.49. The van der Waals surface area contributed by atoms with Crippen LogP contribution in [0, 0.1) is 19.3 Å². The highest BCUT2D eigenvalue weighted by atomic mass is 15.3. The van der Waals surface area contributed by atoms with Crippen LogP contribution in [0.1, 0.15) is 24.1 Å². The lowest BCUT2D eigenvalue weighted by molar-refractivity contribution is 0.721. The molecule has 0 radical (unpaired) electrons. The first-order chi connectivity index (χ1) is 5.68. The Morgan fingerprint density at radius 2 is 2.33 bits per heavy atom. The number of aryl methyl sites for hydroxylation is 2. The summed E-state index contributed by atoms with van der Waals surface area (Å²) in [6.45, 7) is 2.07. The molecule has 0 aromatic carbocycles. The van der Waals surface area contributed by atoms with Crippen LogP contribution in [0.5, 0.6) is 0 Å². The number of aromatic nitrogens is 2. The van der Waals surface area contributed by atoms with Gasteiger partial charge < -0.3 is 0 Å². The molecule has 0 saturated heterocycles. The first kappa shape index (κ1) is 7.42. The molecule has 0 aliphatic heterocycles. The summed E-state index contributed by atoms with van der Waals surface area (Å²) in [6, 6.07) is 0. The van der Waals surface area contributed by atoms with E-state index in [-0.39, 0.29) is 5.41 Å². The van der Waals surface area contributed by atoms with Gasteiger partial charge in [-0.15, -0.1) is 6.42 Å². The molecule has 0 bridgehead atoms. The summed E-state index contributed by atoms with van der Waals surface area (Å²) in [5.74, 6) is 2.85. The minimum absolute atomic E-state index is 0.00859. The van der Waals surface area contributed by atoms with Crippen LogP contribution in [-0.4, -0.2) is 9.78 Å². The molecule has 0 atom stereocenters. The summed E-state index contributed by atoms with van der Waals surface area (Å²) in [5.41, 5.74) is 2.31. The van der Waals surface area contributed by atoms with E-state index in [0.29, 0.717) is 0 Å². The molecule has 2 nitrogen and oxygen atoms in total. The Bertz CT molecular complexity index is 350. The van der Waals surface area contributed by atoms with E-state index in [9.17, 15) is 0 Å². The standard InChI is InChI=1S/C10H12N2/c1-4-10(5-6-10)9-8(2)7-12(3)11-9/h1,7H,5-6H2,2-3H3. The first-order valence-electron chi connectivity index (χ1n) is 4.16. The second kappa shape index (κ2) is 2.13. The predicted octanol–water partition coefficient (Wildman–Crippen LogP) is 1.39. The van der Waals surface area contributed by atoms with Crippen LogP contribution in [0.15, 0.2) is 6.20 Å². The summed E-state index contributed by atoms with van der Waals surface area (Å²) in [6.07, 6.45) is 9.70. The van der Waals surface area contributed by atoms with E-state index in [1.54, 1.807) is 0 Å². The third-order valence-electron chi connectivity index (χ3n) is 2.49. The Labute approximate surface area is 72.6 Å². The van der Waals surface area contributed by atoms with Crippen molar-refractivity contribution in [3.05, 3.63) is 17.5 Å². The molecule has 2 heteroatoms. The molecular formula is C10H12N2. The summed E-state index contributed by atoms with van der Waals surface area (Å²) in [4.78, 5) is 0. The topological polar surface area (TPSA) is 17.8 Å². The Kier molecular flexibility index (Phi) is 1.32. The van der Waals surface area contributed by atoms with Gasteiger partial charge in [-0.25, -0.2) is 0 Å². The van der Waals surface area contributed by atoms with Crippen LogP contribution >= 0.6 is 0 Å². The summed E-state index contributed by atoms with van der Waals surface area (Å²) in [7, 11) is 1.93. The quantitative estimate of drug-likeness (QED) is 0.568. The van der Waals surface area contributed by atoms with Crippen molar-refractivity contribution in [3.8, 4) is 12.3 Å². The Morgan fingerprint density at radius 3 is 2.67 bits per heavy atom. The zero-order valence-electron chi connectivity index (χ0n) is 7.46. The van der Waals surface area contributed by atoms with E-state index < -0.39 is 0 Å². The van der Waals surface area contributed by atoms with Crippen molar-refractivity contribution >= 4 is 0 Å². The van der Waals surface area contributed by atoms with Gasteiger partial charge in [0, 0.05) is 13.2 Å². The van der Waals surface area contributed by atoms with Crippen molar-refractivity contribution in [1.82, 2.24) is 9.78 Å². The maximum absolute atomic E-state index is 5.48. The normalized spacial score (nSPS) is 18.8. The van der Waals surface area contributed by atoms with Crippen LogP contribution in [0.2, 0.25) is 0 Å². The van der Waals surface area contributed by atoms with Crippen molar-refractivity contribution in [2.24, 2.45) is 7.05 Å². The van der Waals surface area contributed by atoms with Crippen molar-refractivity contribution in [2.75, 3.05) is 0 Å². The fourth-order valence-corrected chi connectivity index (χ4v) is 1.65. The number of nitrogens with zero attached hydrogens (tertiary/aromatic N) is 2. The van der Waals surface area contributed by atoms with Gasteiger partial charge in [0.15, 0.2) is 0 Å². The van der Waals surface area contributed by atoms with Gasteiger partial charge in [-0.1, -0.05) is 5.92 Å². The number of rotatable bonds is 1. The second-order valence-corrected chi connectivity index (χ2v) is 3.56. The lowest BCUT2D eigenvalue weighted by Gasteiger charge is -2.03. The highest BCUT2D eigenvalue weighted by Crippen LogP contribution is 2.47. The summed E-state index contributed by atoms with van der Waals surface area (Å²) < 4.78 is 1.84. The van der Waals surface area contributed by atoms with Crippen molar-refractivity contribution in [3.63, 3.8) is 0 Å². The largest absolute Gasteiger partial charge is 0.275 e. The highest BCUT2D eigenvalue weighted by Gasteiger charge is 2.45. The van der Waals surface area contributed by atoms with Crippen LogP contribution in [-0.2, 0) is 12.5 Å². The van der Waals surface area contributed by atoms with E-state index >= 15 is 0 Å². The fraction of sp³-hybridized carbons (Fsp3) is 0.500. The van der Waals surface area contributed by atoms with Crippen LogP contribution in [0.25, 0.3) is 0 Å². The van der Waals surface area contributed by atoms with Gasteiger partial charge in [0.1, 0.15) is 0 Å². The molecule has 0 spiro atoms. The monoisotopic (exact) mass is 160 g/mol. The Hall–Kier alpha value is -1.23. The molecule has 1 aliphatic carbocycles. The molecule has 12 heavy (non-hydrogen) atoms. The van der Waals surface area contributed by atoms with E-state index in [1.165, 1.54) is 5.56 Å². The molecule has 1 fully saturated rings. The van der Waals surface area contributed by atoms with E-state index in [0.717, 1.165) is 18.5 Å². The average molecular weight is 160 g/mol. The molecule has 62 valence electrons. The van der Waals surface area contributed by atoms with Gasteiger partial charge >= 0.3 is 0 Å². The molecule has 1 aliphatic rings. The van der Waals surface area contributed by atoms with Gasteiger partial charge in [-0.2, -0.15) is 5.10 Å². The van der Waals surface area contributed by atoms with Crippen LogP contribution < -0.4 is 0 Å². The summed E-state index contributed by atoms with van der Waals surface area (Å²) in [5, 5.41) is 4.39. The minimum Gasteiger partial charge on any atom is -0.275 e. The fourth-order valence-electron chi connectivity index (χ4n) is 1.65. The maximum atomic E-state index is 5.48. The molecule has 1 aromatic rings. The van der Waals surface area contributed by atoms with Gasteiger partial charge in [-0.3, -0.25) is 4.68 Å². The minimum atomic E-state index is -0.00859. The first-order valence-corrected chi connectivity index (χ1v) is 4.16. The SMILES string of the molecule is C#CC1(c2nn(C)cc2C)CC1. The zero-order chi connectivity index (χ0) is 8.77.